The smallest absolute Gasteiger partial charge is 0.142 e. The van der Waals surface area contributed by atoms with Crippen LogP contribution in [0.5, 0.6) is 0 Å². The Morgan fingerprint density at radius 3 is 2.75 bits per heavy atom. The first kappa shape index (κ1) is 14.1. The highest BCUT2D eigenvalue weighted by Crippen LogP contribution is 2.32. The number of benzene rings is 1. The molecule has 1 aromatic carbocycles. The molecule has 90 valence electrons. The Bertz CT molecular complexity index is 360. The molecule has 0 aromatic heterocycles. The third kappa shape index (κ3) is 3.52. The van der Waals surface area contributed by atoms with Crippen molar-refractivity contribution in [2.24, 2.45) is 0 Å². The summed E-state index contributed by atoms with van der Waals surface area (Å²) in [5.41, 5.74) is 0.629. The van der Waals surface area contributed by atoms with Crippen molar-refractivity contribution >= 4 is 35.0 Å². The highest BCUT2D eigenvalue weighted by molar-refractivity contribution is 7.98. The number of hydrogen-bond donors (Lipinski definition) is 1. The minimum absolute atomic E-state index is 0.0529. The normalized spacial score (nSPS) is 12.8. The van der Waals surface area contributed by atoms with Gasteiger partial charge in [0.15, 0.2) is 0 Å². The first-order valence-electron chi connectivity index (χ1n) is 4.93. The fraction of sp³-hybridized carbons (Fsp3) is 0.455. The third-order valence-electron chi connectivity index (χ3n) is 2.27. The predicted octanol–water partition coefficient (Wildman–Crippen LogP) is 4.15. The van der Waals surface area contributed by atoms with Gasteiger partial charge in [0, 0.05) is 28.9 Å². The zero-order chi connectivity index (χ0) is 12.1. The minimum Gasteiger partial charge on any atom is -0.309 e. The number of rotatable bonds is 5. The Hall–Kier alpha value is 0.0400. The van der Waals surface area contributed by atoms with Gasteiger partial charge in [0.05, 0.1) is 5.02 Å². The van der Waals surface area contributed by atoms with Crippen LogP contribution in [0.25, 0.3) is 0 Å². The van der Waals surface area contributed by atoms with Gasteiger partial charge in [-0.05, 0) is 25.3 Å². The van der Waals surface area contributed by atoms with Crippen molar-refractivity contribution in [2.75, 3.05) is 18.6 Å². The van der Waals surface area contributed by atoms with Crippen molar-refractivity contribution < 1.29 is 4.39 Å². The first-order chi connectivity index (χ1) is 7.57. The van der Waals surface area contributed by atoms with Crippen LogP contribution >= 0.6 is 35.0 Å². The van der Waals surface area contributed by atoms with Gasteiger partial charge in [-0.3, -0.25) is 0 Å². The van der Waals surface area contributed by atoms with Crippen LogP contribution in [0, 0.1) is 5.82 Å². The summed E-state index contributed by atoms with van der Waals surface area (Å²) in [6.07, 6.45) is 2.04. The van der Waals surface area contributed by atoms with E-state index in [1.807, 2.05) is 13.2 Å². The molecule has 0 saturated carbocycles. The highest BCUT2D eigenvalue weighted by Gasteiger charge is 2.16. The molecule has 16 heavy (non-hydrogen) atoms. The molecule has 0 heterocycles. The molecule has 0 bridgehead atoms. The minimum atomic E-state index is -0.431. The highest BCUT2D eigenvalue weighted by atomic mass is 35.5. The topological polar surface area (TPSA) is 12.0 Å². The number of nitrogens with one attached hydrogen (secondary N) is 1. The largest absolute Gasteiger partial charge is 0.309 e. The van der Waals surface area contributed by atoms with Crippen molar-refractivity contribution in [1.82, 2.24) is 5.32 Å². The third-order valence-corrected chi connectivity index (χ3v) is 3.60. The second-order valence-corrected chi connectivity index (χ2v) is 5.20. The van der Waals surface area contributed by atoms with Gasteiger partial charge in [0.25, 0.3) is 0 Å². The van der Waals surface area contributed by atoms with Crippen LogP contribution in [0.3, 0.4) is 0 Å². The van der Waals surface area contributed by atoms with Gasteiger partial charge < -0.3 is 5.32 Å². The standard InChI is InChI=1S/C11H14Cl2FNS/c1-7(15-5-6-16-2)10-8(12)3-4-9(14)11(10)13/h3-4,7,15H,5-6H2,1-2H3. The maximum atomic E-state index is 13.3. The Labute approximate surface area is 110 Å². The zero-order valence-electron chi connectivity index (χ0n) is 9.19. The molecular formula is C11H14Cl2FNS. The molecule has 1 nitrogen and oxygen atoms in total. The van der Waals surface area contributed by atoms with Crippen LogP contribution in [0.1, 0.15) is 18.5 Å². The molecule has 1 N–H and O–H groups in total. The van der Waals surface area contributed by atoms with E-state index in [0.29, 0.717) is 10.6 Å². The van der Waals surface area contributed by atoms with E-state index in [4.69, 9.17) is 23.2 Å². The summed E-state index contributed by atoms with van der Waals surface area (Å²) in [5, 5.41) is 3.86. The Morgan fingerprint density at radius 2 is 2.12 bits per heavy atom. The van der Waals surface area contributed by atoms with Gasteiger partial charge in [0.1, 0.15) is 5.82 Å². The molecule has 1 aromatic rings. The summed E-state index contributed by atoms with van der Waals surface area (Å²) in [4.78, 5) is 0. The van der Waals surface area contributed by atoms with Gasteiger partial charge in [-0.15, -0.1) is 0 Å². The van der Waals surface area contributed by atoms with E-state index in [2.05, 4.69) is 5.32 Å². The summed E-state index contributed by atoms with van der Waals surface area (Å²) in [7, 11) is 0. The average molecular weight is 282 g/mol. The predicted molar refractivity (Wildman–Crippen MR) is 71.2 cm³/mol. The van der Waals surface area contributed by atoms with Crippen LogP contribution in [0.15, 0.2) is 12.1 Å². The lowest BCUT2D eigenvalue weighted by Crippen LogP contribution is -2.22. The molecular weight excluding hydrogens is 268 g/mol. The lowest BCUT2D eigenvalue weighted by Gasteiger charge is -2.17. The lowest BCUT2D eigenvalue weighted by molar-refractivity contribution is 0.586. The van der Waals surface area contributed by atoms with Crippen LogP contribution in [-0.4, -0.2) is 18.6 Å². The van der Waals surface area contributed by atoms with Crippen LogP contribution in [0.2, 0.25) is 10.0 Å². The molecule has 0 aliphatic carbocycles. The van der Waals surface area contributed by atoms with Crippen molar-refractivity contribution in [3.8, 4) is 0 Å². The van der Waals surface area contributed by atoms with Gasteiger partial charge in [0.2, 0.25) is 0 Å². The van der Waals surface area contributed by atoms with Crippen molar-refractivity contribution in [3.05, 3.63) is 33.6 Å². The van der Waals surface area contributed by atoms with E-state index in [9.17, 15) is 4.39 Å². The summed E-state index contributed by atoms with van der Waals surface area (Å²) >= 11 is 13.7. The van der Waals surface area contributed by atoms with Crippen LogP contribution in [-0.2, 0) is 0 Å². The molecule has 0 spiro atoms. The van der Waals surface area contributed by atoms with E-state index >= 15 is 0 Å². The van der Waals surface area contributed by atoms with Crippen LogP contribution < -0.4 is 5.32 Å². The van der Waals surface area contributed by atoms with Crippen molar-refractivity contribution in [1.29, 1.82) is 0 Å². The lowest BCUT2D eigenvalue weighted by atomic mass is 10.1. The van der Waals surface area contributed by atoms with Crippen molar-refractivity contribution in [2.45, 2.75) is 13.0 Å². The zero-order valence-corrected chi connectivity index (χ0v) is 11.5. The fourth-order valence-corrected chi connectivity index (χ4v) is 2.44. The fourth-order valence-electron chi connectivity index (χ4n) is 1.42. The van der Waals surface area contributed by atoms with Gasteiger partial charge in [-0.25, -0.2) is 4.39 Å². The maximum absolute atomic E-state index is 13.3. The molecule has 0 radical (unpaired) electrons. The second kappa shape index (κ2) is 6.70. The molecule has 0 aliphatic rings. The van der Waals surface area contributed by atoms with Gasteiger partial charge in [-0.1, -0.05) is 23.2 Å². The number of hydrogen-bond acceptors (Lipinski definition) is 2. The summed E-state index contributed by atoms with van der Waals surface area (Å²) in [6.45, 7) is 2.76. The van der Waals surface area contributed by atoms with E-state index in [1.54, 1.807) is 11.8 Å². The monoisotopic (exact) mass is 281 g/mol. The van der Waals surface area contributed by atoms with E-state index < -0.39 is 5.82 Å². The summed E-state index contributed by atoms with van der Waals surface area (Å²) in [6, 6.07) is 2.76. The van der Waals surface area contributed by atoms with E-state index in [-0.39, 0.29) is 11.1 Å². The molecule has 0 saturated heterocycles. The van der Waals surface area contributed by atoms with Crippen molar-refractivity contribution in [3.63, 3.8) is 0 Å². The SMILES string of the molecule is CSCCNC(C)c1c(Cl)ccc(F)c1Cl. The molecule has 1 unspecified atom stereocenters. The Balaban J connectivity index is 2.81. The number of thioether (sulfide) groups is 1. The van der Waals surface area contributed by atoms with Gasteiger partial charge in [-0.2, -0.15) is 11.8 Å². The van der Waals surface area contributed by atoms with Gasteiger partial charge >= 0.3 is 0 Å². The molecule has 0 aliphatic heterocycles. The first-order valence-corrected chi connectivity index (χ1v) is 7.08. The summed E-state index contributed by atoms with van der Waals surface area (Å²) in [5.74, 6) is 0.564. The quantitative estimate of drug-likeness (QED) is 0.643. The average Bonchev–Trinajstić information content (AvgIpc) is 2.24. The Morgan fingerprint density at radius 1 is 1.44 bits per heavy atom. The molecule has 0 amide bonds. The Kier molecular flexibility index (Phi) is 5.90. The van der Waals surface area contributed by atoms with E-state index in [1.165, 1.54) is 12.1 Å². The molecule has 1 atom stereocenters. The summed E-state index contributed by atoms with van der Waals surface area (Å²) < 4.78 is 13.3. The molecule has 1 rings (SSSR count). The van der Waals surface area contributed by atoms with E-state index in [0.717, 1.165) is 12.3 Å². The molecule has 5 heteroatoms. The number of halogens is 3. The van der Waals surface area contributed by atoms with Crippen LogP contribution in [0.4, 0.5) is 4.39 Å². The second-order valence-electron chi connectivity index (χ2n) is 3.43. The molecule has 0 fully saturated rings. The maximum Gasteiger partial charge on any atom is 0.142 e.